The zero-order valence-electron chi connectivity index (χ0n) is 17.2. The lowest BCUT2D eigenvalue weighted by molar-refractivity contribution is -0.154. The van der Waals surface area contributed by atoms with Gasteiger partial charge in [0.2, 0.25) is 11.7 Å². The van der Waals surface area contributed by atoms with Crippen LogP contribution in [0.3, 0.4) is 0 Å². The number of rotatable bonds is 7. The highest BCUT2D eigenvalue weighted by atomic mass is 35.5. The number of aromatic nitrogens is 2. The summed E-state index contributed by atoms with van der Waals surface area (Å²) in [5.74, 6) is -0.631. The maximum absolute atomic E-state index is 12.1. The quantitative estimate of drug-likeness (QED) is 0.622. The summed E-state index contributed by atoms with van der Waals surface area (Å²) in [5.41, 5.74) is 0.735. The van der Waals surface area contributed by atoms with Gasteiger partial charge in [-0.2, -0.15) is 4.98 Å². The second-order valence-electron chi connectivity index (χ2n) is 7.45. The Labute approximate surface area is 184 Å². The van der Waals surface area contributed by atoms with Gasteiger partial charge in [-0.05, 0) is 44.0 Å². The molecular weight excluding hydrogens is 424 g/mol. The molecule has 2 aromatic rings. The maximum atomic E-state index is 12.1. The fraction of sp³-hybridized carbons (Fsp3) is 0.476. The number of ether oxygens (including phenoxy) is 1. The van der Waals surface area contributed by atoms with Crippen molar-refractivity contribution in [3.8, 4) is 11.4 Å². The number of aryl methyl sites for hydroxylation is 1. The third kappa shape index (κ3) is 7.06. The molecule has 1 saturated carbocycles. The number of benzene rings is 1. The standard InChI is InChI=1S/C21H25ClN4O5/c1-13(20(28)25-21(29)23-16-5-3-2-4-6-16)30-18(27)12-11-17-24-19(26-31-17)14-7-9-15(22)10-8-14/h7-10,13,16H,2-6,11-12H2,1H3,(H2,23,25,28,29). The van der Waals surface area contributed by atoms with E-state index in [1.54, 1.807) is 24.3 Å². The first-order valence-corrected chi connectivity index (χ1v) is 10.7. The van der Waals surface area contributed by atoms with E-state index in [1.165, 1.54) is 6.92 Å². The molecule has 10 heteroatoms. The van der Waals surface area contributed by atoms with Crippen LogP contribution in [-0.2, 0) is 20.7 Å². The van der Waals surface area contributed by atoms with Crippen molar-refractivity contribution in [3.63, 3.8) is 0 Å². The molecule has 0 bridgehead atoms. The van der Waals surface area contributed by atoms with Gasteiger partial charge in [0.05, 0.1) is 6.42 Å². The number of carbonyl (C=O) groups is 3. The van der Waals surface area contributed by atoms with Crippen LogP contribution in [0.25, 0.3) is 11.4 Å². The summed E-state index contributed by atoms with van der Waals surface area (Å²) in [6.45, 7) is 1.41. The number of esters is 1. The van der Waals surface area contributed by atoms with Gasteiger partial charge in [-0.1, -0.05) is 36.0 Å². The lowest BCUT2D eigenvalue weighted by Gasteiger charge is -2.23. The summed E-state index contributed by atoms with van der Waals surface area (Å²) < 4.78 is 10.2. The number of imide groups is 1. The van der Waals surface area contributed by atoms with Gasteiger partial charge in [-0.3, -0.25) is 14.9 Å². The van der Waals surface area contributed by atoms with Crippen molar-refractivity contribution in [2.24, 2.45) is 0 Å². The molecule has 1 heterocycles. The van der Waals surface area contributed by atoms with Crippen molar-refractivity contribution in [1.29, 1.82) is 0 Å². The summed E-state index contributed by atoms with van der Waals surface area (Å²) >= 11 is 5.86. The molecule has 2 N–H and O–H groups in total. The molecule has 1 aromatic carbocycles. The van der Waals surface area contributed by atoms with E-state index >= 15 is 0 Å². The first kappa shape index (κ1) is 22.7. The van der Waals surface area contributed by atoms with Crippen LogP contribution in [0.5, 0.6) is 0 Å². The number of amides is 3. The number of carbonyl (C=O) groups excluding carboxylic acids is 3. The Hall–Kier alpha value is -2.94. The van der Waals surface area contributed by atoms with Crippen LogP contribution < -0.4 is 10.6 Å². The molecule has 31 heavy (non-hydrogen) atoms. The van der Waals surface area contributed by atoms with Crippen molar-refractivity contribution in [1.82, 2.24) is 20.8 Å². The monoisotopic (exact) mass is 448 g/mol. The maximum Gasteiger partial charge on any atom is 0.321 e. The van der Waals surface area contributed by atoms with Gasteiger partial charge in [0.15, 0.2) is 6.10 Å². The number of nitrogens with one attached hydrogen (secondary N) is 2. The summed E-state index contributed by atoms with van der Waals surface area (Å²) in [5, 5.41) is 9.46. The average molecular weight is 449 g/mol. The predicted octanol–water partition coefficient (Wildman–Crippen LogP) is 3.41. The van der Waals surface area contributed by atoms with Crippen LogP contribution in [0.4, 0.5) is 4.79 Å². The summed E-state index contributed by atoms with van der Waals surface area (Å²) in [6.07, 6.45) is 4.12. The molecule has 3 rings (SSSR count). The molecule has 1 atom stereocenters. The molecule has 1 fully saturated rings. The number of urea groups is 1. The van der Waals surface area contributed by atoms with E-state index in [-0.39, 0.29) is 24.8 Å². The van der Waals surface area contributed by atoms with Crippen molar-refractivity contribution >= 4 is 29.5 Å². The van der Waals surface area contributed by atoms with Gasteiger partial charge < -0.3 is 14.6 Å². The van der Waals surface area contributed by atoms with Gasteiger partial charge in [-0.25, -0.2) is 4.79 Å². The van der Waals surface area contributed by atoms with Crippen LogP contribution in [-0.4, -0.2) is 40.2 Å². The lowest BCUT2D eigenvalue weighted by atomic mass is 9.96. The fourth-order valence-corrected chi connectivity index (χ4v) is 3.40. The van der Waals surface area contributed by atoms with Gasteiger partial charge in [0, 0.05) is 23.0 Å². The molecule has 1 unspecified atom stereocenters. The van der Waals surface area contributed by atoms with Crippen molar-refractivity contribution in [2.45, 2.75) is 64.0 Å². The molecule has 0 saturated heterocycles. The zero-order chi connectivity index (χ0) is 22.2. The SMILES string of the molecule is CC(OC(=O)CCc1nc(-c2ccc(Cl)cc2)no1)C(=O)NC(=O)NC1CCCCC1. The molecule has 1 aromatic heterocycles. The molecule has 0 radical (unpaired) electrons. The van der Waals surface area contributed by atoms with Gasteiger partial charge in [0.25, 0.3) is 5.91 Å². The smallest absolute Gasteiger partial charge is 0.321 e. The average Bonchev–Trinajstić information content (AvgIpc) is 3.22. The van der Waals surface area contributed by atoms with Gasteiger partial charge in [0.1, 0.15) is 0 Å². The Morgan fingerprint density at radius 3 is 2.61 bits per heavy atom. The first-order chi connectivity index (χ1) is 14.9. The highest BCUT2D eigenvalue weighted by Gasteiger charge is 2.22. The number of nitrogens with zero attached hydrogens (tertiary/aromatic N) is 2. The van der Waals surface area contributed by atoms with Crippen LogP contribution in [0.15, 0.2) is 28.8 Å². The molecule has 1 aliphatic rings. The van der Waals surface area contributed by atoms with E-state index in [2.05, 4.69) is 20.8 Å². The van der Waals surface area contributed by atoms with E-state index in [1.807, 2.05) is 0 Å². The second-order valence-corrected chi connectivity index (χ2v) is 7.88. The number of hydrogen-bond acceptors (Lipinski definition) is 7. The summed E-state index contributed by atoms with van der Waals surface area (Å²) in [6, 6.07) is 6.46. The van der Waals surface area contributed by atoms with Crippen LogP contribution >= 0.6 is 11.6 Å². The van der Waals surface area contributed by atoms with E-state index in [4.69, 9.17) is 20.9 Å². The molecule has 166 valence electrons. The second kappa shape index (κ2) is 10.9. The van der Waals surface area contributed by atoms with Crippen LogP contribution in [0.1, 0.15) is 51.3 Å². The fourth-order valence-electron chi connectivity index (χ4n) is 3.27. The number of halogens is 1. The number of hydrogen-bond donors (Lipinski definition) is 2. The van der Waals surface area contributed by atoms with Crippen molar-refractivity contribution in [2.75, 3.05) is 0 Å². The van der Waals surface area contributed by atoms with E-state index in [0.717, 1.165) is 37.7 Å². The largest absolute Gasteiger partial charge is 0.453 e. The minimum atomic E-state index is -1.10. The van der Waals surface area contributed by atoms with Crippen LogP contribution in [0.2, 0.25) is 5.02 Å². The Kier molecular flexibility index (Phi) is 8.00. The van der Waals surface area contributed by atoms with E-state index < -0.39 is 24.0 Å². The minimum absolute atomic E-state index is 0.0475. The topological polar surface area (TPSA) is 123 Å². The van der Waals surface area contributed by atoms with Crippen molar-refractivity contribution < 1.29 is 23.6 Å². The van der Waals surface area contributed by atoms with E-state index in [9.17, 15) is 14.4 Å². The molecule has 0 aliphatic heterocycles. The van der Waals surface area contributed by atoms with E-state index in [0.29, 0.717) is 10.8 Å². The molecular formula is C21H25ClN4O5. The molecule has 3 amide bonds. The Balaban J connectivity index is 1.40. The highest BCUT2D eigenvalue weighted by Crippen LogP contribution is 2.19. The molecule has 0 spiro atoms. The van der Waals surface area contributed by atoms with Gasteiger partial charge in [-0.15, -0.1) is 0 Å². The lowest BCUT2D eigenvalue weighted by Crippen LogP contribution is -2.48. The summed E-state index contributed by atoms with van der Waals surface area (Å²) in [4.78, 5) is 40.3. The molecule has 1 aliphatic carbocycles. The molecule has 9 nitrogen and oxygen atoms in total. The van der Waals surface area contributed by atoms with Crippen molar-refractivity contribution in [3.05, 3.63) is 35.2 Å². The zero-order valence-corrected chi connectivity index (χ0v) is 18.0. The Morgan fingerprint density at radius 1 is 1.19 bits per heavy atom. The van der Waals surface area contributed by atoms with Gasteiger partial charge >= 0.3 is 12.0 Å². The highest BCUT2D eigenvalue weighted by molar-refractivity contribution is 6.30. The Morgan fingerprint density at radius 2 is 1.90 bits per heavy atom. The third-order valence-corrected chi connectivity index (χ3v) is 5.22. The predicted molar refractivity (Wildman–Crippen MR) is 112 cm³/mol. The Bertz CT molecular complexity index is 909. The van der Waals surface area contributed by atoms with Crippen LogP contribution in [0, 0.1) is 0 Å². The minimum Gasteiger partial charge on any atom is -0.453 e. The normalized spacial score (nSPS) is 15.2. The third-order valence-electron chi connectivity index (χ3n) is 4.97. The first-order valence-electron chi connectivity index (χ1n) is 10.3. The summed E-state index contributed by atoms with van der Waals surface area (Å²) in [7, 11) is 0.